The Bertz CT molecular complexity index is 474. The van der Waals surface area contributed by atoms with Gasteiger partial charge in [-0.1, -0.05) is 12.5 Å². The summed E-state index contributed by atoms with van der Waals surface area (Å²) in [5.74, 6) is -0.904. The molecule has 110 valence electrons. The van der Waals surface area contributed by atoms with Gasteiger partial charge in [-0.25, -0.2) is 4.39 Å². The summed E-state index contributed by atoms with van der Waals surface area (Å²) < 4.78 is 17.6. The molecular formula is C15H20FNO3. The van der Waals surface area contributed by atoms with Gasteiger partial charge in [0.05, 0.1) is 7.11 Å². The first-order valence-corrected chi connectivity index (χ1v) is 6.65. The van der Waals surface area contributed by atoms with E-state index in [4.69, 9.17) is 0 Å². The van der Waals surface area contributed by atoms with Crippen LogP contribution in [0.25, 0.3) is 0 Å². The van der Waals surface area contributed by atoms with Gasteiger partial charge in [0.15, 0.2) is 0 Å². The molecule has 4 nitrogen and oxygen atoms in total. The van der Waals surface area contributed by atoms with Gasteiger partial charge >= 0.3 is 5.97 Å². The van der Waals surface area contributed by atoms with Gasteiger partial charge in [-0.3, -0.25) is 9.59 Å². The second-order valence-corrected chi connectivity index (χ2v) is 4.60. The number of carbonyl (C=O) groups is 2. The standard InChI is InChI=1S/C15H20FNO3/c1-11-7-8-12(16)10-13(11)15(19)17-9-5-3-4-6-14(18)20-2/h7-8,10H,3-6,9H2,1-2H3,(H,17,19). The number of hydrogen-bond acceptors (Lipinski definition) is 3. The Morgan fingerprint density at radius 1 is 1.25 bits per heavy atom. The van der Waals surface area contributed by atoms with Gasteiger partial charge in [-0.15, -0.1) is 0 Å². The normalized spacial score (nSPS) is 10.2. The summed E-state index contributed by atoms with van der Waals surface area (Å²) in [6.07, 6.45) is 2.74. The summed E-state index contributed by atoms with van der Waals surface area (Å²) in [5, 5.41) is 2.75. The fourth-order valence-electron chi connectivity index (χ4n) is 1.81. The highest BCUT2D eigenvalue weighted by atomic mass is 19.1. The average Bonchev–Trinajstić information content (AvgIpc) is 2.44. The lowest BCUT2D eigenvalue weighted by molar-refractivity contribution is -0.140. The first-order chi connectivity index (χ1) is 9.54. The average molecular weight is 281 g/mol. The molecule has 0 aromatic heterocycles. The molecule has 20 heavy (non-hydrogen) atoms. The minimum absolute atomic E-state index is 0.218. The Hall–Kier alpha value is -1.91. The molecule has 0 heterocycles. The molecule has 0 unspecified atom stereocenters. The van der Waals surface area contributed by atoms with Crippen molar-refractivity contribution in [3.05, 3.63) is 35.1 Å². The van der Waals surface area contributed by atoms with Gasteiger partial charge in [0.1, 0.15) is 5.82 Å². The van der Waals surface area contributed by atoms with Crippen molar-refractivity contribution in [1.82, 2.24) is 5.32 Å². The highest BCUT2D eigenvalue weighted by molar-refractivity contribution is 5.95. The monoisotopic (exact) mass is 281 g/mol. The van der Waals surface area contributed by atoms with E-state index in [1.54, 1.807) is 13.0 Å². The van der Waals surface area contributed by atoms with Crippen molar-refractivity contribution < 1.29 is 18.7 Å². The number of unbranched alkanes of at least 4 members (excludes halogenated alkanes) is 2. The Morgan fingerprint density at radius 3 is 2.70 bits per heavy atom. The van der Waals surface area contributed by atoms with Crippen molar-refractivity contribution in [2.75, 3.05) is 13.7 Å². The number of hydrogen-bond donors (Lipinski definition) is 1. The first-order valence-electron chi connectivity index (χ1n) is 6.65. The number of amides is 1. The molecular weight excluding hydrogens is 261 g/mol. The van der Waals surface area contributed by atoms with Crippen LogP contribution in [-0.4, -0.2) is 25.5 Å². The molecule has 0 bridgehead atoms. The van der Waals surface area contributed by atoms with Crippen molar-refractivity contribution in [3.8, 4) is 0 Å². The summed E-state index contributed by atoms with van der Waals surface area (Å²) >= 11 is 0. The predicted molar refractivity (Wildman–Crippen MR) is 74.0 cm³/mol. The molecule has 0 spiro atoms. The summed E-state index contributed by atoms with van der Waals surface area (Å²) in [6.45, 7) is 2.28. The molecule has 5 heteroatoms. The lowest BCUT2D eigenvalue weighted by Gasteiger charge is -2.07. The molecule has 0 aliphatic heterocycles. The maximum Gasteiger partial charge on any atom is 0.305 e. The zero-order valence-corrected chi connectivity index (χ0v) is 11.9. The zero-order chi connectivity index (χ0) is 15.0. The third kappa shape index (κ3) is 5.38. The highest BCUT2D eigenvalue weighted by Gasteiger charge is 2.09. The lowest BCUT2D eigenvalue weighted by atomic mass is 10.1. The van der Waals surface area contributed by atoms with Crippen LogP contribution in [0.5, 0.6) is 0 Å². The van der Waals surface area contributed by atoms with E-state index in [9.17, 15) is 14.0 Å². The number of aryl methyl sites for hydroxylation is 1. The minimum atomic E-state index is -0.418. The van der Waals surface area contributed by atoms with E-state index in [0.29, 0.717) is 18.5 Å². The van der Waals surface area contributed by atoms with Crippen molar-refractivity contribution in [3.63, 3.8) is 0 Å². The molecule has 0 atom stereocenters. The molecule has 1 aromatic carbocycles. The summed E-state index contributed by atoms with van der Waals surface area (Å²) in [7, 11) is 1.36. The molecule has 1 amide bonds. The van der Waals surface area contributed by atoms with Crippen LogP contribution in [0, 0.1) is 12.7 Å². The predicted octanol–water partition coefficient (Wildman–Crippen LogP) is 2.60. The van der Waals surface area contributed by atoms with Gasteiger partial charge in [-0.05, 0) is 37.5 Å². The van der Waals surface area contributed by atoms with E-state index in [-0.39, 0.29) is 11.9 Å². The number of methoxy groups -OCH3 is 1. The lowest BCUT2D eigenvalue weighted by Crippen LogP contribution is -2.25. The molecule has 0 saturated heterocycles. The van der Waals surface area contributed by atoms with Gasteiger partial charge in [0.2, 0.25) is 0 Å². The quantitative estimate of drug-likeness (QED) is 0.617. The fraction of sp³-hybridized carbons (Fsp3) is 0.467. The second-order valence-electron chi connectivity index (χ2n) is 4.60. The van der Waals surface area contributed by atoms with E-state index in [0.717, 1.165) is 24.8 Å². The van der Waals surface area contributed by atoms with Crippen LogP contribution < -0.4 is 5.32 Å². The van der Waals surface area contributed by atoms with Crippen LogP contribution in [-0.2, 0) is 9.53 Å². The number of esters is 1. The molecule has 0 aliphatic carbocycles. The molecule has 0 fully saturated rings. The van der Waals surface area contributed by atoms with Crippen molar-refractivity contribution in [2.24, 2.45) is 0 Å². The van der Waals surface area contributed by atoms with E-state index in [1.165, 1.54) is 19.2 Å². The van der Waals surface area contributed by atoms with Gasteiger partial charge in [-0.2, -0.15) is 0 Å². The number of ether oxygens (including phenoxy) is 1. The van der Waals surface area contributed by atoms with E-state index in [2.05, 4.69) is 10.1 Å². The number of nitrogens with one attached hydrogen (secondary N) is 1. The highest BCUT2D eigenvalue weighted by Crippen LogP contribution is 2.10. The second kappa shape index (κ2) is 8.30. The number of benzene rings is 1. The summed E-state index contributed by atoms with van der Waals surface area (Å²) in [5.41, 5.74) is 1.11. The fourth-order valence-corrected chi connectivity index (χ4v) is 1.81. The van der Waals surface area contributed by atoms with Crippen LogP contribution in [0.2, 0.25) is 0 Å². The van der Waals surface area contributed by atoms with Gasteiger partial charge < -0.3 is 10.1 Å². The number of rotatable bonds is 7. The Morgan fingerprint density at radius 2 is 2.00 bits per heavy atom. The molecule has 1 aromatic rings. The largest absolute Gasteiger partial charge is 0.469 e. The van der Waals surface area contributed by atoms with Crippen LogP contribution >= 0.6 is 0 Å². The molecule has 0 aliphatic rings. The summed E-state index contributed by atoms with van der Waals surface area (Å²) in [4.78, 5) is 22.7. The minimum Gasteiger partial charge on any atom is -0.469 e. The topological polar surface area (TPSA) is 55.4 Å². The third-order valence-corrected chi connectivity index (χ3v) is 3.02. The Labute approximate surface area is 118 Å². The maximum absolute atomic E-state index is 13.1. The first kappa shape index (κ1) is 16.1. The maximum atomic E-state index is 13.1. The van der Waals surface area contributed by atoms with Crippen molar-refractivity contribution in [1.29, 1.82) is 0 Å². The Balaban J connectivity index is 2.27. The Kier molecular flexibility index (Phi) is 6.70. The smallest absolute Gasteiger partial charge is 0.305 e. The van der Waals surface area contributed by atoms with Crippen LogP contribution in [0.3, 0.4) is 0 Å². The molecule has 1 rings (SSSR count). The van der Waals surface area contributed by atoms with Crippen LogP contribution in [0.4, 0.5) is 4.39 Å². The zero-order valence-electron chi connectivity index (χ0n) is 11.9. The molecule has 1 N–H and O–H groups in total. The third-order valence-electron chi connectivity index (χ3n) is 3.02. The van der Waals surface area contributed by atoms with Gasteiger partial charge in [0.25, 0.3) is 5.91 Å². The molecule has 0 saturated carbocycles. The van der Waals surface area contributed by atoms with Crippen molar-refractivity contribution >= 4 is 11.9 Å². The molecule has 0 radical (unpaired) electrons. The van der Waals surface area contributed by atoms with E-state index < -0.39 is 5.82 Å². The van der Waals surface area contributed by atoms with E-state index in [1.807, 2.05) is 0 Å². The SMILES string of the molecule is COC(=O)CCCCCNC(=O)c1cc(F)ccc1C. The van der Waals surface area contributed by atoms with Gasteiger partial charge in [0, 0.05) is 18.5 Å². The van der Waals surface area contributed by atoms with E-state index >= 15 is 0 Å². The van der Waals surface area contributed by atoms with Crippen molar-refractivity contribution in [2.45, 2.75) is 32.6 Å². The summed E-state index contributed by atoms with van der Waals surface area (Å²) in [6, 6.07) is 4.15. The van der Waals surface area contributed by atoms with Crippen LogP contribution in [0.1, 0.15) is 41.6 Å². The number of halogens is 1. The van der Waals surface area contributed by atoms with Crippen LogP contribution in [0.15, 0.2) is 18.2 Å². The number of carbonyl (C=O) groups excluding carboxylic acids is 2.